The van der Waals surface area contributed by atoms with E-state index in [9.17, 15) is 14.7 Å². The maximum atomic E-state index is 12.3. The fourth-order valence-corrected chi connectivity index (χ4v) is 5.18. The summed E-state index contributed by atoms with van der Waals surface area (Å²) in [6.45, 7) is 4.77. The molecule has 6 nitrogen and oxygen atoms in total. The minimum Gasteiger partial charge on any atom is -0.507 e. The SMILES string of the molecule is COc1c(C)c2c(c(O)c1C/C=C(\C)CCC(=O)NC[C@H]1C[C@H]3C=C[C@H]1C3)C(=O)OC2. The Morgan fingerprint density at radius 1 is 1.32 bits per heavy atom. The second-order valence-electron chi connectivity index (χ2n) is 9.01. The van der Waals surface area contributed by atoms with Crippen LogP contribution in [0.4, 0.5) is 0 Å². The number of methoxy groups -OCH3 is 1. The standard InChI is InChI=1S/C25H31NO5/c1-14(5-9-21(27)26-12-18-11-16-6-7-17(18)10-16)4-8-19-23(28)22-20(13-31-25(22)29)15(2)24(19)30-3/h4,6-7,16-18,28H,5,8-13H2,1-3H3,(H,26,27)/b14-4+/t16-,17-,18+/m0/s1. The molecule has 0 unspecified atom stereocenters. The molecule has 1 aromatic carbocycles. The Bertz CT molecular complexity index is 961. The monoisotopic (exact) mass is 425 g/mol. The third-order valence-corrected chi connectivity index (χ3v) is 7.03. The predicted molar refractivity (Wildman–Crippen MR) is 117 cm³/mol. The van der Waals surface area contributed by atoms with E-state index in [-0.39, 0.29) is 23.8 Å². The molecule has 0 aromatic heterocycles. The topological polar surface area (TPSA) is 84.9 Å². The predicted octanol–water partition coefficient (Wildman–Crippen LogP) is 3.98. The molecule has 166 valence electrons. The van der Waals surface area contributed by atoms with Crippen molar-refractivity contribution in [2.45, 2.75) is 52.6 Å². The van der Waals surface area contributed by atoms with Gasteiger partial charge in [0.2, 0.25) is 5.91 Å². The molecule has 1 heterocycles. The Morgan fingerprint density at radius 3 is 2.81 bits per heavy atom. The quantitative estimate of drug-likeness (QED) is 0.486. The van der Waals surface area contributed by atoms with Crippen LogP contribution in [0.25, 0.3) is 0 Å². The molecule has 2 N–H and O–H groups in total. The normalized spacial score (nSPS) is 23.8. The number of nitrogens with one attached hydrogen (secondary N) is 1. The third-order valence-electron chi connectivity index (χ3n) is 7.03. The summed E-state index contributed by atoms with van der Waals surface area (Å²) in [5.41, 5.74) is 3.38. The molecule has 1 amide bonds. The summed E-state index contributed by atoms with van der Waals surface area (Å²) >= 11 is 0. The number of esters is 1. The fraction of sp³-hybridized carbons (Fsp3) is 0.520. The van der Waals surface area contributed by atoms with E-state index in [0.717, 1.165) is 23.6 Å². The number of carbonyl (C=O) groups is 2. The van der Waals surface area contributed by atoms with Gasteiger partial charge in [-0.2, -0.15) is 0 Å². The average Bonchev–Trinajstić information content (AvgIpc) is 3.48. The van der Waals surface area contributed by atoms with Crippen molar-refractivity contribution >= 4 is 11.9 Å². The van der Waals surface area contributed by atoms with Crippen LogP contribution in [0, 0.1) is 24.7 Å². The first-order valence-electron chi connectivity index (χ1n) is 11.1. The van der Waals surface area contributed by atoms with Crippen LogP contribution >= 0.6 is 0 Å². The molecule has 1 aromatic rings. The van der Waals surface area contributed by atoms with Crippen LogP contribution in [-0.2, 0) is 22.6 Å². The van der Waals surface area contributed by atoms with E-state index in [2.05, 4.69) is 17.5 Å². The first kappa shape index (κ1) is 21.5. The van der Waals surface area contributed by atoms with E-state index in [1.807, 2.05) is 19.9 Å². The van der Waals surface area contributed by atoms with Gasteiger partial charge in [-0.15, -0.1) is 0 Å². The summed E-state index contributed by atoms with van der Waals surface area (Å²) in [4.78, 5) is 24.3. The highest BCUT2D eigenvalue weighted by Gasteiger charge is 2.35. The van der Waals surface area contributed by atoms with Gasteiger partial charge in [0, 0.05) is 24.1 Å². The van der Waals surface area contributed by atoms with Crippen molar-refractivity contribution in [1.29, 1.82) is 0 Å². The molecule has 2 aliphatic carbocycles. The van der Waals surface area contributed by atoms with E-state index in [1.54, 1.807) is 7.11 Å². The molecule has 31 heavy (non-hydrogen) atoms. The number of amides is 1. The highest BCUT2D eigenvalue weighted by molar-refractivity contribution is 5.98. The summed E-state index contributed by atoms with van der Waals surface area (Å²) in [6, 6.07) is 0. The molecule has 3 aliphatic rings. The lowest BCUT2D eigenvalue weighted by Gasteiger charge is -2.18. The van der Waals surface area contributed by atoms with Crippen molar-refractivity contribution < 1.29 is 24.2 Å². The van der Waals surface area contributed by atoms with Crippen molar-refractivity contribution in [2.75, 3.05) is 13.7 Å². The zero-order valence-corrected chi connectivity index (χ0v) is 18.5. The van der Waals surface area contributed by atoms with Crippen molar-refractivity contribution in [3.05, 3.63) is 46.1 Å². The van der Waals surface area contributed by atoms with Crippen molar-refractivity contribution in [2.24, 2.45) is 17.8 Å². The van der Waals surface area contributed by atoms with Gasteiger partial charge < -0.3 is 19.9 Å². The number of phenolic OH excluding ortho intramolecular Hbond substituents is 1. The number of phenols is 1. The lowest BCUT2D eigenvalue weighted by molar-refractivity contribution is -0.121. The summed E-state index contributed by atoms with van der Waals surface area (Å²) in [6.07, 6.45) is 10.6. The molecule has 0 radical (unpaired) electrons. The lowest BCUT2D eigenvalue weighted by Crippen LogP contribution is -2.30. The average molecular weight is 426 g/mol. The minimum absolute atomic E-state index is 0.0679. The number of ether oxygens (including phenoxy) is 2. The van der Waals surface area contributed by atoms with Gasteiger partial charge in [0.1, 0.15) is 23.7 Å². The fourth-order valence-electron chi connectivity index (χ4n) is 5.18. The van der Waals surface area contributed by atoms with Gasteiger partial charge in [0.25, 0.3) is 0 Å². The van der Waals surface area contributed by atoms with Gasteiger partial charge >= 0.3 is 5.97 Å². The van der Waals surface area contributed by atoms with Crippen molar-refractivity contribution in [3.63, 3.8) is 0 Å². The first-order valence-corrected chi connectivity index (χ1v) is 11.1. The number of aromatic hydroxyl groups is 1. The number of cyclic esters (lactones) is 1. The van der Waals surface area contributed by atoms with Crippen LogP contribution in [0.1, 0.15) is 59.7 Å². The van der Waals surface area contributed by atoms with Crippen molar-refractivity contribution in [1.82, 2.24) is 5.32 Å². The number of fused-ring (bicyclic) bond motifs is 3. The molecular formula is C25H31NO5. The Labute approximate surface area is 183 Å². The van der Waals surface area contributed by atoms with E-state index in [0.29, 0.717) is 48.0 Å². The molecule has 1 saturated carbocycles. The summed E-state index contributed by atoms with van der Waals surface area (Å²) < 4.78 is 10.6. The Balaban J connectivity index is 1.34. The maximum absolute atomic E-state index is 12.3. The second kappa shape index (κ2) is 8.77. The van der Waals surface area contributed by atoms with Crippen LogP contribution in [0.15, 0.2) is 23.8 Å². The van der Waals surface area contributed by atoms with Gasteiger partial charge in [-0.05, 0) is 62.8 Å². The zero-order valence-electron chi connectivity index (χ0n) is 18.5. The number of carbonyl (C=O) groups excluding carboxylic acids is 2. The number of rotatable bonds is 8. The van der Waals surface area contributed by atoms with E-state index >= 15 is 0 Å². The van der Waals surface area contributed by atoms with E-state index in [1.165, 1.54) is 12.8 Å². The van der Waals surface area contributed by atoms with Crippen LogP contribution in [0.2, 0.25) is 0 Å². The second-order valence-corrected chi connectivity index (χ2v) is 9.01. The summed E-state index contributed by atoms with van der Waals surface area (Å²) in [5.74, 6) is 2.04. The highest BCUT2D eigenvalue weighted by atomic mass is 16.5. The summed E-state index contributed by atoms with van der Waals surface area (Å²) in [5, 5.41) is 13.8. The van der Waals surface area contributed by atoms with Crippen LogP contribution < -0.4 is 10.1 Å². The number of benzene rings is 1. The van der Waals surface area contributed by atoms with E-state index < -0.39 is 5.97 Å². The molecule has 4 rings (SSSR count). The summed E-state index contributed by atoms with van der Waals surface area (Å²) in [7, 11) is 1.56. The van der Waals surface area contributed by atoms with Gasteiger partial charge in [-0.3, -0.25) is 4.79 Å². The molecule has 1 fully saturated rings. The molecule has 0 saturated heterocycles. The van der Waals surface area contributed by atoms with Gasteiger partial charge in [-0.25, -0.2) is 4.79 Å². The molecule has 0 spiro atoms. The largest absolute Gasteiger partial charge is 0.507 e. The first-order chi connectivity index (χ1) is 14.9. The van der Waals surface area contributed by atoms with Crippen LogP contribution in [0.5, 0.6) is 11.5 Å². The smallest absolute Gasteiger partial charge is 0.342 e. The maximum Gasteiger partial charge on any atom is 0.342 e. The van der Waals surface area contributed by atoms with E-state index in [4.69, 9.17) is 9.47 Å². The van der Waals surface area contributed by atoms with Gasteiger partial charge in [0.15, 0.2) is 0 Å². The Hall–Kier alpha value is -2.76. The Morgan fingerprint density at radius 2 is 2.13 bits per heavy atom. The lowest BCUT2D eigenvalue weighted by atomic mass is 9.93. The Kier molecular flexibility index (Phi) is 6.08. The molecular weight excluding hydrogens is 394 g/mol. The van der Waals surface area contributed by atoms with Gasteiger partial charge in [-0.1, -0.05) is 23.8 Å². The highest BCUT2D eigenvalue weighted by Crippen LogP contribution is 2.43. The number of hydrogen-bond donors (Lipinski definition) is 2. The van der Waals surface area contributed by atoms with Crippen LogP contribution in [0.3, 0.4) is 0 Å². The third kappa shape index (κ3) is 4.21. The number of allylic oxidation sites excluding steroid dienone is 4. The molecule has 3 atom stereocenters. The van der Waals surface area contributed by atoms with Crippen LogP contribution in [-0.4, -0.2) is 30.6 Å². The number of hydrogen-bond acceptors (Lipinski definition) is 5. The van der Waals surface area contributed by atoms with Gasteiger partial charge in [0.05, 0.1) is 7.11 Å². The molecule has 1 aliphatic heterocycles. The zero-order chi connectivity index (χ0) is 22.1. The molecule has 2 bridgehead atoms. The minimum atomic E-state index is -0.497. The van der Waals surface area contributed by atoms with Crippen molar-refractivity contribution in [3.8, 4) is 11.5 Å². The molecule has 6 heteroatoms.